The SMILES string of the molecule is Cc1cccc(NC(=O)N2C(C(C)C)SC(C)(C)C2C#N)c1. The zero-order valence-corrected chi connectivity index (χ0v) is 14.6. The van der Waals surface area contributed by atoms with Crippen molar-refractivity contribution in [3.63, 3.8) is 0 Å². The van der Waals surface area contributed by atoms with E-state index in [2.05, 4.69) is 25.2 Å². The van der Waals surface area contributed by atoms with Gasteiger partial charge < -0.3 is 5.32 Å². The van der Waals surface area contributed by atoms with Crippen molar-refractivity contribution in [2.45, 2.75) is 50.8 Å². The Morgan fingerprint density at radius 2 is 2.14 bits per heavy atom. The summed E-state index contributed by atoms with van der Waals surface area (Å²) in [6, 6.07) is 9.37. The standard InChI is InChI=1S/C17H23N3OS/c1-11(2)15-20(14(10-18)17(4,5)22-15)16(21)19-13-8-6-7-12(3)9-13/h6-9,11,14-15H,1-5H3,(H,19,21). The average Bonchev–Trinajstić information content (AvgIpc) is 2.69. The quantitative estimate of drug-likeness (QED) is 0.888. The van der Waals surface area contributed by atoms with Crippen LogP contribution >= 0.6 is 11.8 Å². The van der Waals surface area contributed by atoms with Crippen LogP contribution in [0.2, 0.25) is 0 Å². The fraction of sp³-hybridized carbons (Fsp3) is 0.529. The van der Waals surface area contributed by atoms with E-state index >= 15 is 0 Å². The van der Waals surface area contributed by atoms with E-state index in [0.29, 0.717) is 0 Å². The molecule has 1 saturated heterocycles. The third-order valence-electron chi connectivity index (χ3n) is 3.83. The molecule has 1 aromatic rings. The van der Waals surface area contributed by atoms with Crippen LogP contribution in [0.4, 0.5) is 10.5 Å². The van der Waals surface area contributed by atoms with Gasteiger partial charge in [0.1, 0.15) is 6.04 Å². The van der Waals surface area contributed by atoms with Gasteiger partial charge in [0, 0.05) is 10.4 Å². The van der Waals surface area contributed by atoms with Crippen LogP contribution in [0.5, 0.6) is 0 Å². The molecule has 2 amide bonds. The third-order valence-corrected chi connectivity index (χ3v) is 5.68. The molecule has 0 aliphatic carbocycles. The highest BCUT2D eigenvalue weighted by Gasteiger charge is 2.50. The van der Waals surface area contributed by atoms with Crippen molar-refractivity contribution < 1.29 is 4.79 Å². The molecule has 1 fully saturated rings. The zero-order valence-electron chi connectivity index (χ0n) is 13.8. The highest BCUT2D eigenvalue weighted by Crippen LogP contribution is 2.46. The summed E-state index contributed by atoms with van der Waals surface area (Å²) in [4.78, 5) is 14.5. The van der Waals surface area contributed by atoms with Crippen molar-refractivity contribution in [2.75, 3.05) is 5.32 Å². The van der Waals surface area contributed by atoms with Gasteiger partial charge in [-0.25, -0.2) is 4.79 Å². The van der Waals surface area contributed by atoms with Crippen LogP contribution < -0.4 is 5.32 Å². The highest BCUT2D eigenvalue weighted by molar-refractivity contribution is 8.01. The molecule has 22 heavy (non-hydrogen) atoms. The number of thioether (sulfide) groups is 1. The summed E-state index contributed by atoms with van der Waals surface area (Å²) in [5.41, 5.74) is 1.85. The molecule has 1 aliphatic rings. The van der Waals surface area contributed by atoms with E-state index in [9.17, 15) is 10.1 Å². The van der Waals surface area contributed by atoms with Crippen molar-refractivity contribution in [3.05, 3.63) is 29.8 Å². The number of hydrogen-bond acceptors (Lipinski definition) is 3. The maximum absolute atomic E-state index is 12.7. The van der Waals surface area contributed by atoms with Crippen LogP contribution in [-0.4, -0.2) is 27.1 Å². The minimum atomic E-state index is -0.435. The minimum Gasteiger partial charge on any atom is -0.308 e. The number of urea groups is 1. The van der Waals surface area contributed by atoms with E-state index in [1.54, 1.807) is 16.7 Å². The predicted molar refractivity (Wildman–Crippen MR) is 91.7 cm³/mol. The summed E-state index contributed by atoms with van der Waals surface area (Å²) in [6.07, 6.45) is 0. The number of nitriles is 1. The smallest absolute Gasteiger partial charge is 0.308 e. The van der Waals surface area contributed by atoms with Crippen LogP contribution in [-0.2, 0) is 0 Å². The summed E-state index contributed by atoms with van der Waals surface area (Å²) in [5, 5.41) is 12.5. The summed E-state index contributed by atoms with van der Waals surface area (Å²) in [5.74, 6) is 0.283. The fourth-order valence-corrected chi connectivity index (χ4v) is 4.25. The van der Waals surface area contributed by atoms with E-state index in [1.807, 2.05) is 45.0 Å². The summed E-state index contributed by atoms with van der Waals surface area (Å²) < 4.78 is -0.270. The number of hydrogen-bond donors (Lipinski definition) is 1. The molecular weight excluding hydrogens is 294 g/mol. The summed E-state index contributed by atoms with van der Waals surface area (Å²) in [6.45, 7) is 10.2. The van der Waals surface area contributed by atoms with E-state index in [1.165, 1.54) is 0 Å². The van der Waals surface area contributed by atoms with Crippen LogP contribution in [0.25, 0.3) is 0 Å². The molecule has 118 valence electrons. The van der Waals surface area contributed by atoms with Gasteiger partial charge in [0.2, 0.25) is 0 Å². The first-order chi connectivity index (χ1) is 10.3. The van der Waals surface area contributed by atoms with Crippen molar-refractivity contribution >= 4 is 23.5 Å². The molecular formula is C17H23N3OS. The molecule has 4 nitrogen and oxygen atoms in total. The first-order valence-electron chi connectivity index (χ1n) is 7.49. The van der Waals surface area contributed by atoms with Crippen molar-refractivity contribution in [1.29, 1.82) is 5.26 Å². The molecule has 2 unspecified atom stereocenters. The Hall–Kier alpha value is -1.67. The lowest BCUT2D eigenvalue weighted by Crippen LogP contribution is -2.48. The zero-order chi connectivity index (χ0) is 16.5. The number of nitrogens with one attached hydrogen (secondary N) is 1. The maximum Gasteiger partial charge on any atom is 0.323 e. The molecule has 5 heteroatoms. The number of nitrogens with zero attached hydrogens (tertiary/aromatic N) is 2. The van der Waals surface area contributed by atoms with Gasteiger partial charge in [0.05, 0.1) is 11.4 Å². The second-order valence-electron chi connectivity index (χ2n) is 6.59. The Bertz CT molecular complexity index is 606. The van der Waals surface area contributed by atoms with Crippen LogP contribution in [0.3, 0.4) is 0 Å². The van der Waals surface area contributed by atoms with E-state index in [-0.39, 0.29) is 22.1 Å². The molecule has 1 N–H and O–H groups in total. The molecule has 0 saturated carbocycles. The van der Waals surface area contributed by atoms with E-state index in [0.717, 1.165) is 11.3 Å². The number of rotatable bonds is 2. The molecule has 0 aromatic heterocycles. The first-order valence-corrected chi connectivity index (χ1v) is 8.37. The van der Waals surface area contributed by atoms with Gasteiger partial charge in [0.25, 0.3) is 0 Å². The molecule has 1 aromatic carbocycles. The normalized spacial score (nSPS) is 23.4. The van der Waals surface area contributed by atoms with Crippen molar-refractivity contribution in [1.82, 2.24) is 4.90 Å². The summed E-state index contributed by atoms with van der Waals surface area (Å²) >= 11 is 1.70. The number of anilines is 1. The minimum absolute atomic E-state index is 0.00413. The fourth-order valence-electron chi connectivity index (χ4n) is 2.73. The monoisotopic (exact) mass is 317 g/mol. The van der Waals surface area contributed by atoms with Crippen LogP contribution in [0, 0.1) is 24.2 Å². The number of aryl methyl sites for hydroxylation is 1. The van der Waals surface area contributed by atoms with Gasteiger partial charge in [-0.3, -0.25) is 4.90 Å². The third kappa shape index (κ3) is 3.22. The Kier molecular flexibility index (Phi) is 4.72. The number of benzene rings is 1. The molecule has 2 rings (SSSR count). The second kappa shape index (κ2) is 6.21. The molecule has 0 spiro atoms. The Labute approximate surface area is 136 Å². The first kappa shape index (κ1) is 16.7. The largest absolute Gasteiger partial charge is 0.323 e. The van der Waals surface area contributed by atoms with Gasteiger partial charge in [-0.15, -0.1) is 11.8 Å². The second-order valence-corrected chi connectivity index (χ2v) is 8.37. The lowest BCUT2D eigenvalue weighted by Gasteiger charge is -2.29. The highest BCUT2D eigenvalue weighted by atomic mass is 32.2. The van der Waals surface area contributed by atoms with Gasteiger partial charge in [-0.1, -0.05) is 26.0 Å². The van der Waals surface area contributed by atoms with Gasteiger partial charge in [-0.05, 0) is 44.4 Å². The number of carbonyl (C=O) groups is 1. The van der Waals surface area contributed by atoms with Crippen molar-refractivity contribution in [3.8, 4) is 6.07 Å². The van der Waals surface area contributed by atoms with E-state index < -0.39 is 6.04 Å². The molecule has 1 aliphatic heterocycles. The lowest BCUT2D eigenvalue weighted by atomic mass is 10.0. The number of amides is 2. The summed E-state index contributed by atoms with van der Waals surface area (Å²) in [7, 11) is 0. The predicted octanol–water partition coefficient (Wildman–Crippen LogP) is 4.23. The van der Waals surface area contributed by atoms with Gasteiger partial charge in [0.15, 0.2) is 0 Å². The Morgan fingerprint density at radius 3 is 2.68 bits per heavy atom. The average molecular weight is 317 g/mol. The van der Waals surface area contributed by atoms with E-state index in [4.69, 9.17) is 0 Å². The maximum atomic E-state index is 12.7. The van der Waals surface area contributed by atoms with Gasteiger partial charge in [-0.2, -0.15) is 5.26 Å². The molecule has 0 radical (unpaired) electrons. The Balaban J connectivity index is 2.27. The number of carbonyl (C=O) groups excluding carboxylic acids is 1. The molecule has 2 atom stereocenters. The topological polar surface area (TPSA) is 56.1 Å². The van der Waals surface area contributed by atoms with Crippen LogP contribution in [0.1, 0.15) is 33.3 Å². The Morgan fingerprint density at radius 1 is 1.45 bits per heavy atom. The molecule has 1 heterocycles. The van der Waals surface area contributed by atoms with Gasteiger partial charge >= 0.3 is 6.03 Å². The van der Waals surface area contributed by atoms with Crippen molar-refractivity contribution in [2.24, 2.45) is 5.92 Å². The molecule has 0 bridgehead atoms. The van der Waals surface area contributed by atoms with Crippen LogP contribution in [0.15, 0.2) is 24.3 Å². The lowest BCUT2D eigenvalue weighted by molar-refractivity contribution is 0.184.